The topological polar surface area (TPSA) is 118 Å². The van der Waals surface area contributed by atoms with Crippen LogP contribution < -0.4 is 10.6 Å². The van der Waals surface area contributed by atoms with Crippen molar-refractivity contribution in [2.75, 3.05) is 26.8 Å². The van der Waals surface area contributed by atoms with E-state index in [2.05, 4.69) is 15.6 Å². The lowest BCUT2D eigenvalue weighted by Gasteiger charge is -2.06. The molecule has 0 spiro atoms. The zero-order valence-corrected chi connectivity index (χ0v) is 11.6. The molecule has 0 aliphatic heterocycles. The zero-order chi connectivity index (χ0) is 15.7. The number of aromatic nitrogens is 1. The highest BCUT2D eigenvalue weighted by Gasteiger charge is 2.10. The number of rotatable bonds is 8. The van der Waals surface area contributed by atoms with Crippen LogP contribution in [0, 0.1) is 0 Å². The Morgan fingerprint density at radius 3 is 2.71 bits per heavy atom. The summed E-state index contributed by atoms with van der Waals surface area (Å²) in [6.07, 6.45) is 1.38. The van der Waals surface area contributed by atoms with Crippen molar-refractivity contribution in [3.05, 3.63) is 29.6 Å². The Hall–Kier alpha value is -2.48. The van der Waals surface area contributed by atoms with Crippen molar-refractivity contribution in [3.63, 3.8) is 0 Å². The largest absolute Gasteiger partial charge is 0.477 e. The van der Waals surface area contributed by atoms with Crippen LogP contribution in [0.2, 0.25) is 0 Å². The van der Waals surface area contributed by atoms with E-state index in [0.29, 0.717) is 13.2 Å². The maximum absolute atomic E-state index is 11.8. The second kappa shape index (κ2) is 8.64. The minimum Gasteiger partial charge on any atom is -0.477 e. The van der Waals surface area contributed by atoms with Crippen LogP contribution in [-0.2, 0) is 9.53 Å². The number of carboxylic acids is 1. The zero-order valence-electron chi connectivity index (χ0n) is 11.6. The highest BCUT2D eigenvalue weighted by molar-refractivity contribution is 5.96. The number of hydrogen-bond donors (Lipinski definition) is 3. The molecule has 3 N–H and O–H groups in total. The SMILES string of the molecule is COCCNC(=O)CCNC(=O)c1ccnc(C(=O)O)c1. The molecule has 0 fully saturated rings. The summed E-state index contributed by atoms with van der Waals surface area (Å²) in [5.74, 6) is -1.86. The molecular weight excluding hydrogens is 278 g/mol. The Morgan fingerprint density at radius 2 is 2.05 bits per heavy atom. The summed E-state index contributed by atoms with van der Waals surface area (Å²) >= 11 is 0. The molecule has 8 nitrogen and oxygen atoms in total. The number of carbonyl (C=O) groups is 3. The van der Waals surface area contributed by atoms with E-state index in [0.717, 1.165) is 0 Å². The molecule has 2 amide bonds. The molecule has 0 unspecified atom stereocenters. The Bertz CT molecular complexity index is 518. The summed E-state index contributed by atoms with van der Waals surface area (Å²) in [6, 6.07) is 2.58. The summed E-state index contributed by atoms with van der Waals surface area (Å²) in [5, 5.41) is 13.9. The van der Waals surface area contributed by atoms with Gasteiger partial charge in [-0.1, -0.05) is 0 Å². The molecule has 0 radical (unpaired) electrons. The van der Waals surface area contributed by atoms with E-state index in [-0.39, 0.29) is 30.1 Å². The molecule has 114 valence electrons. The number of methoxy groups -OCH3 is 1. The van der Waals surface area contributed by atoms with Crippen molar-refractivity contribution >= 4 is 17.8 Å². The van der Waals surface area contributed by atoms with Crippen LogP contribution in [0.5, 0.6) is 0 Å². The van der Waals surface area contributed by atoms with Gasteiger partial charge in [0.2, 0.25) is 5.91 Å². The van der Waals surface area contributed by atoms with E-state index in [9.17, 15) is 14.4 Å². The van der Waals surface area contributed by atoms with Gasteiger partial charge in [0.25, 0.3) is 5.91 Å². The molecule has 1 rings (SSSR count). The van der Waals surface area contributed by atoms with Gasteiger partial charge in [0.05, 0.1) is 6.61 Å². The molecule has 1 aromatic heterocycles. The fraction of sp³-hybridized carbons (Fsp3) is 0.385. The molecule has 1 aromatic rings. The number of amides is 2. The van der Waals surface area contributed by atoms with Crippen LogP contribution in [0.25, 0.3) is 0 Å². The number of pyridine rings is 1. The van der Waals surface area contributed by atoms with Crippen LogP contribution in [0.3, 0.4) is 0 Å². The minimum absolute atomic E-state index is 0.131. The molecule has 0 bridgehead atoms. The third-order valence-corrected chi connectivity index (χ3v) is 2.51. The van der Waals surface area contributed by atoms with Crippen LogP contribution in [-0.4, -0.2) is 54.7 Å². The summed E-state index contributed by atoms with van der Waals surface area (Å²) < 4.78 is 4.78. The number of hydrogen-bond acceptors (Lipinski definition) is 5. The highest BCUT2D eigenvalue weighted by Crippen LogP contribution is 2.01. The monoisotopic (exact) mass is 295 g/mol. The van der Waals surface area contributed by atoms with E-state index < -0.39 is 11.9 Å². The van der Waals surface area contributed by atoms with Crippen molar-refractivity contribution in [1.29, 1.82) is 0 Å². The van der Waals surface area contributed by atoms with E-state index in [1.54, 1.807) is 0 Å². The van der Waals surface area contributed by atoms with Gasteiger partial charge >= 0.3 is 5.97 Å². The van der Waals surface area contributed by atoms with Gasteiger partial charge in [-0.15, -0.1) is 0 Å². The smallest absolute Gasteiger partial charge is 0.354 e. The minimum atomic E-state index is -1.21. The second-order valence-electron chi connectivity index (χ2n) is 4.08. The number of aromatic carboxylic acids is 1. The first-order valence-electron chi connectivity index (χ1n) is 6.27. The first-order chi connectivity index (χ1) is 10.0. The van der Waals surface area contributed by atoms with Gasteiger partial charge in [0, 0.05) is 38.4 Å². The third-order valence-electron chi connectivity index (χ3n) is 2.51. The molecule has 0 atom stereocenters. The number of carboxylic acid groups (broad SMARTS) is 1. The van der Waals surface area contributed by atoms with Gasteiger partial charge in [0.1, 0.15) is 5.69 Å². The van der Waals surface area contributed by atoms with E-state index in [4.69, 9.17) is 9.84 Å². The average Bonchev–Trinajstić information content (AvgIpc) is 2.47. The first kappa shape index (κ1) is 16.6. The molecule has 0 aliphatic carbocycles. The lowest BCUT2D eigenvalue weighted by atomic mass is 10.2. The predicted octanol–water partition coefficient (Wildman–Crippen LogP) is -0.338. The van der Waals surface area contributed by atoms with Gasteiger partial charge < -0.3 is 20.5 Å². The lowest BCUT2D eigenvalue weighted by Crippen LogP contribution is -2.32. The summed E-state index contributed by atoms with van der Waals surface area (Å²) in [7, 11) is 1.53. The highest BCUT2D eigenvalue weighted by atomic mass is 16.5. The second-order valence-corrected chi connectivity index (χ2v) is 4.08. The van der Waals surface area contributed by atoms with Crippen molar-refractivity contribution < 1.29 is 24.2 Å². The summed E-state index contributed by atoms with van der Waals surface area (Å²) in [6.45, 7) is 0.991. The van der Waals surface area contributed by atoms with E-state index in [1.807, 2.05) is 0 Å². The Kier molecular flexibility index (Phi) is 6.82. The van der Waals surface area contributed by atoms with Crippen LogP contribution >= 0.6 is 0 Å². The van der Waals surface area contributed by atoms with Crippen molar-refractivity contribution in [2.24, 2.45) is 0 Å². The fourth-order valence-electron chi connectivity index (χ4n) is 1.46. The Morgan fingerprint density at radius 1 is 1.29 bits per heavy atom. The van der Waals surface area contributed by atoms with Crippen LogP contribution in [0.15, 0.2) is 18.3 Å². The summed E-state index contributed by atoms with van der Waals surface area (Å²) in [4.78, 5) is 37.5. The van der Waals surface area contributed by atoms with E-state index >= 15 is 0 Å². The normalized spacial score (nSPS) is 9.95. The average molecular weight is 295 g/mol. The molecule has 0 aliphatic rings. The van der Waals surface area contributed by atoms with Gasteiger partial charge in [-0.2, -0.15) is 0 Å². The van der Waals surface area contributed by atoms with Crippen LogP contribution in [0.1, 0.15) is 27.3 Å². The molecule has 0 saturated carbocycles. The predicted molar refractivity (Wildman–Crippen MR) is 73.0 cm³/mol. The maximum Gasteiger partial charge on any atom is 0.354 e. The van der Waals surface area contributed by atoms with Gasteiger partial charge in [0.15, 0.2) is 0 Å². The molecule has 21 heavy (non-hydrogen) atoms. The number of ether oxygens (including phenoxy) is 1. The maximum atomic E-state index is 11.8. The number of carbonyl (C=O) groups excluding carboxylic acids is 2. The number of nitrogens with one attached hydrogen (secondary N) is 2. The Balaban J connectivity index is 2.38. The Labute approximate surface area is 121 Å². The van der Waals surface area contributed by atoms with Crippen molar-refractivity contribution in [3.8, 4) is 0 Å². The quantitative estimate of drug-likeness (QED) is 0.565. The van der Waals surface area contributed by atoms with Crippen LogP contribution in [0.4, 0.5) is 0 Å². The molecule has 8 heteroatoms. The van der Waals surface area contributed by atoms with Gasteiger partial charge in [-0.3, -0.25) is 9.59 Å². The van der Waals surface area contributed by atoms with E-state index in [1.165, 1.54) is 25.4 Å². The standard InChI is InChI=1S/C13H17N3O5/c1-21-7-6-15-11(17)3-5-16-12(18)9-2-4-14-10(8-9)13(19)20/h2,4,8H,3,5-7H2,1H3,(H,15,17)(H,16,18)(H,19,20). The number of nitrogens with zero attached hydrogens (tertiary/aromatic N) is 1. The van der Waals surface area contributed by atoms with Crippen molar-refractivity contribution in [1.82, 2.24) is 15.6 Å². The fourth-order valence-corrected chi connectivity index (χ4v) is 1.46. The molecule has 0 saturated heterocycles. The van der Waals surface area contributed by atoms with Gasteiger partial charge in [-0.25, -0.2) is 9.78 Å². The molecular formula is C13H17N3O5. The summed E-state index contributed by atoms with van der Waals surface area (Å²) in [5.41, 5.74) is -0.0258. The molecule has 1 heterocycles. The van der Waals surface area contributed by atoms with Gasteiger partial charge in [-0.05, 0) is 12.1 Å². The lowest BCUT2D eigenvalue weighted by molar-refractivity contribution is -0.121. The third kappa shape index (κ3) is 6.00. The first-order valence-corrected chi connectivity index (χ1v) is 6.27. The van der Waals surface area contributed by atoms with Crippen molar-refractivity contribution in [2.45, 2.75) is 6.42 Å². The molecule has 0 aromatic carbocycles.